The number of amides is 1. The molecule has 2 aromatic heterocycles. The normalized spacial score (nSPS) is 21.1. The summed E-state index contributed by atoms with van der Waals surface area (Å²) >= 11 is 0. The standard InChI is InChI=1S/C23H26F3N7O/c24-15-9-10-16(25)19(18(15)26)31-23-30-17-11-28-22(29-13-3-1-2-4-13)32-21(17)33(23)14-7-5-12(6-8-14)20(27)34/h9-14H,1-8H2,(H2,27,34)(H,30,31)(H,28,29,32)/t12-,14+. The number of aromatic nitrogens is 4. The van der Waals surface area contributed by atoms with Gasteiger partial charge in [-0.2, -0.15) is 4.98 Å². The highest BCUT2D eigenvalue weighted by Gasteiger charge is 2.30. The minimum atomic E-state index is -1.33. The van der Waals surface area contributed by atoms with Crippen molar-refractivity contribution < 1.29 is 18.0 Å². The van der Waals surface area contributed by atoms with Crippen LogP contribution < -0.4 is 16.4 Å². The number of halogens is 3. The fourth-order valence-electron chi connectivity index (χ4n) is 5.02. The summed E-state index contributed by atoms with van der Waals surface area (Å²) in [6, 6.07) is 1.75. The molecule has 3 aromatic rings. The molecule has 0 spiro atoms. The lowest BCUT2D eigenvalue weighted by Crippen LogP contribution is -2.29. The third-order valence-electron chi connectivity index (χ3n) is 6.87. The molecular weight excluding hydrogens is 447 g/mol. The van der Waals surface area contributed by atoms with Crippen LogP contribution >= 0.6 is 0 Å². The van der Waals surface area contributed by atoms with Crippen LogP contribution in [-0.4, -0.2) is 31.5 Å². The van der Waals surface area contributed by atoms with E-state index in [1.807, 2.05) is 0 Å². The van der Waals surface area contributed by atoms with Crippen molar-refractivity contribution in [3.05, 3.63) is 35.8 Å². The second-order valence-electron chi connectivity index (χ2n) is 9.08. The van der Waals surface area contributed by atoms with E-state index in [-0.39, 0.29) is 23.8 Å². The van der Waals surface area contributed by atoms with E-state index >= 15 is 0 Å². The Bertz CT molecular complexity index is 1220. The SMILES string of the molecule is NC(=O)[C@H]1CC[C@@H](n2c(Nc3c(F)ccc(F)c3F)nc3cnc(NC4CCCC4)nc32)CC1. The molecule has 180 valence electrons. The lowest BCUT2D eigenvalue weighted by atomic mass is 9.85. The third-order valence-corrected chi connectivity index (χ3v) is 6.87. The highest BCUT2D eigenvalue weighted by molar-refractivity contribution is 5.78. The summed E-state index contributed by atoms with van der Waals surface area (Å²) in [6.07, 6.45) is 8.34. The van der Waals surface area contributed by atoms with Gasteiger partial charge in [-0.15, -0.1) is 0 Å². The number of benzene rings is 1. The van der Waals surface area contributed by atoms with Crippen molar-refractivity contribution >= 4 is 34.7 Å². The number of anilines is 3. The molecule has 0 atom stereocenters. The van der Waals surface area contributed by atoms with Gasteiger partial charge in [0.25, 0.3) is 0 Å². The van der Waals surface area contributed by atoms with Gasteiger partial charge in [0.1, 0.15) is 17.0 Å². The topological polar surface area (TPSA) is 111 Å². The van der Waals surface area contributed by atoms with Crippen molar-refractivity contribution in [3.8, 4) is 0 Å². The first kappa shape index (κ1) is 22.4. The summed E-state index contributed by atoms with van der Waals surface area (Å²) in [4.78, 5) is 25.1. The average molecular weight is 474 g/mol. The van der Waals surface area contributed by atoms with E-state index in [0.29, 0.717) is 48.8 Å². The van der Waals surface area contributed by atoms with Crippen LogP contribution in [0.3, 0.4) is 0 Å². The Morgan fingerprint density at radius 2 is 1.71 bits per heavy atom. The van der Waals surface area contributed by atoms with Gasteiger partial charge in [-0.05, 0) is 50.7 Å². The smallest absolute Gasteiger partial charge is 0.224 e. The molecule has 2 heterocycles. The van der Waals surface area contributed by atoms with Gasteiger partial charge < -0.3 is 16.4 Å². The monoisotopic (exact) mass is 473 g/mol. The molecule has 2 saturated carbocycles. The first-order valence-corrected chi connectivity index (χ1v) is 11.6. The molecule has 5 rings (SSSR count). The molecule has 2 aliphatic carbocycles. The lowest BCUT2D eigenvalue weighted by Gasteiger charge is -2.29. The number of nitrogens with zero attached hydrogens (tertiary/aromatic N) is 4. The largest absolute Gasteiger partial charge is 0.369 e. The molecule has 0 bridgehead atoms. The van der Waals surface area contributed by atoms with Gasteiger partial charge in [0.15, 0.2) is 17.3 Å². The van der Waals surface area contributed by atoms with Gasteiger partial charge in [0.2, 0.25) is 17.8 Å². The Morgan fingerprint density at radius 1 is 1.00 bits per heavy atom. The van der Waals surface area contributed by atoms with Crippen LogP contribution in [0, 0.1) is 23.4 Å². The number of fused-ring (bicyclic) bond motifs is 1. The predicted octanol–water partition coefficient (Wildman–Crippen LogP) is 4.56. The summed E-state index contributed by atoms with van der Waals surface area (Å²) in [6.45, 7) is 0. The van der Waals surface area contributed by atoms with Crippen molar-refractivity contribution in [3.63, 3.8) is 0 Å². The van der Waals surface area contributed by atoms with Crippen molar-refractivity contribution in [1.82, 2.24) is 19.5 Å². The quantitative estimate of drug-likeness (QED) is 0.453. The first-order valence-electron chi connectivity index (χ1n) is 11.6. The van der Waals surface area contributed by atoms with E-state index in [1.165, 1.54) is 0 Å². The van der Waals surface area contributed by atoms with Crippen LogP contribution in [0.15, 0.2) is 18.3 Å². The number of imidazole rings is 1. The highest BCUT2D eigenvalue weighted by atomic mass is 19.2. The molecule has 8 nitrogen and oxygen atoms in total. The van der Waals surface area contributed by atoms with E-state index in [2.05, 4.69) is 25.6 Å². The fraction of sp³-hybridized carbons (Fsp3) is 0.478. The zero-order valence-corrected chi connectivity index (χ0v) is 18.5. The first-order chi connectivity index (χ1) is 16.4. The zero-order valence-electron chi connectivity index (χ0n) is 18.5. The van der Waals surface area contributed by atoms with Crippen LogP contribution in [-0.2, 0) is 4.79 Å². The number of hydrogen-bond donors (Lipinski definition) is 3. The van der Waals surface area contributed by atoms with Crippen molar-refractivity contribution in [2.24, 2.45) is 11.7 Å². The van der Waals surface area contributed by atoms with Crippen molar-refractivity contribution in [2.75, 3.05) is 10.6 Å². The van der Waals surface area contributed by atoms with Gasteiger partial charge in [0, 0.05) is 18.0 Å². The molecule has 4 N–H and O–H groups in total. The van der Waals surface area contributed by atoms with E-state index in [1.54, 1.807) is 10.8 Å². The van der Waals surface area contributed by atoms with E-state index < -0.39 is 23.1 Å². The van der Waals surface area contributed by atoms with E-state index in [4.69, 9.17) is 5.73 Å². The second-order valence-corrected chi connectivity index (χ2v) is 9.08. The molecule has 34 heavy (non-hydrogen) atoms. The maximum Gasteiger partial charge on any atom is 0.224 e. The molecule has 2 fully saturated rings. The number of primary amides is 1. The minimum Gasteiger partial charge on any atom is -0.369 e. The average Bonchev–Trinajstić information content (AvgIpc) is 3.46. The van der Waals surface area contributed by atoms with E-state index in [9.17, 15) is 18.0 Å². The van der Waals surface area contributed by atoms with Gasteiger partial charge in [-0.3, -0.25) is 9.36 Å². The Balaban J connectivity index is 1.54. The Hall–Kier alpha value is -3.37. The number of nitrogens with two attached hydrogens (primary N) is 1. The Labute approximate surface area is 194 Å². The molecule has 2 aliphatic rings. The Kier molecular flexibility index (Phi) is 6.01. The summed E-state index contributed by atoms with van der Waals surface area (Å²) in [7, 11) is 0. The van der Waals surface area contributed by atoms with Crippen molar-refractivity contribution in [1.29, 1.82) is 0 Å². The summed E-state index contributed by atoms with van der Waals surface area (Å²) in [5, 5.41) is 6.00. The molecule has 1 aromatic carbocycles. The van der Waals surface area contributed by atoms with Gasteiger partial charge >= 0.3 is 0 Å². The molecule has 0 radical (unpaired) electrons. The van der Waals surface area contributed by atoms with Gasteiger partial charge in [-0.25, -0.2) is 23.1 Å². The van der Waals surface area contributed by atoms with E-state index in [0.717, 1.165) is 37.8 Å². The van der Waals surface area contributed by atoms with Crippen molar-refractivity contribution in [2.45, 2.75) is 63.5 Å². The van der Waals surface area contributed by atoms with Crippen LogP contribution in [0.4, 0.5) is 30.8 Å². The molecule has 1 amide bonds. The summed E-state index contributed by atoms with van der Waals surface area (Å²) in [5.41, 5.74) is 5.79. The number of rotatable bonds is 6. The summed E-state index contributed by atoms with van der Waals surface area (Å²) in [5.74, 6) is -3.39. The molecule has 0 saturated heterocycles. The molecular formula is C23H26F3N7O. The molecule has 11 heteroatoms. The number of carbonyl (C=O) groups excluding carboxylic acids is 1. The minimum absolute atomic E-state index is 0.133. The molecule has 0 aliphatic heterocycles. The summed E-state index contributed by atoms with van der Waals surface area (Å²) < 4.78 is 44.4. The Morgan fingerprint density at radius 3 is 2.41 bits per heavy atom. The number of carbonyl (C=O) groups is 1. The number of hydrogen-bond acceptors (Lipinski definition) is 6. The fourth-order valence-corrected chi connectivity index (χ4v) is 5.02. The number of nitrogens with one attached hydrogen (secondary N) is 2. The van der Waals surface area contributed by atoms with Crippen LogP contribution in [0.2, 0.25) is 0 Å². The molecule has 0 unspecified atom stereocenters. The highest BCUT2D eigenvalue weighted by Crippen LogP contribution is 2.37. The lowest BCUT2D eigenvalue weighted by molar-refractivity contribution is -0.122. The van der Waals surface area contributed by atoms with Crippen LogP contribution in [0.5, 0.6) is 0 Å². The van der Waals surface area contributed by atoms with Crippen LogP contribution in [0.1, 0.15) is 57.4 Å². The second kappa shape index (κ2) is 9.11. The van der Waals surface area contributed by atoms with Gasteiger partial charge in [0.05, 0.1) is 6.20 Å². The third kappa shape index (κ3) is 4.26. The maximum absolute atomic E-state index is 14.4. The van der Waals surface area contributed by atoms with Gasteiger partial charge in [-0.1, -0.05) is 12.8 Å². The van der Waals surface area contributed by atoms with Crippen LogP contribution in [0.25, 0.3) is 11.2 Å². The predicted molar refractivity (Wildman–Crippen MR) is 121 cm³/mol. The maximum atomic E-state index is 14.4. The zero-order chi connectivity index (χ0) is 23.8.